The fourth-order valence-corrected chi connectivity index (χ4v) is 3.76. The Labute approximate surface area is 101 Å². The van der Waals surface area contributed by atoms with Crippen LogP contribution < -0.4 is 0 Å². The van der Waals surface area contributed by atoms with Crippen LogP contribution in [0.3, 0.4) is 0 Å². The van der Waals surface area contributed by atoms with Gasteiger partial charge in [0, 0.05) is 19.2 Å². The van der Waals surface area contributed by atoms with Gasteiger partial charge < -0.3 is 10.2 Å². The van der Waals surface area contributed by atoms with Crippen LogP contribution in [0, 0.1) is 0 Å². The summed E-state index contributed by atoms with van der Waals surface area (Å²) in [6, 6.07) is -0.158. The number of aliphatic carboxylic acids is 1. The Morgan fingerprint density at radius 3 is 2.71 bits per heavy atom. The maximum atomic E-state index is 12.0. The summed E-state index contributed by atoms with van der Waals surface area (Å²) in [5.74, 6) is -1.32. The molecule has 0 bridgehead atoms. The number of carboxylic acids is 1. The van der Waals surface area contributed by atoms with Crippen LogP contribution in [0.1, 0.15) is 32.6 Å². The molecule has 0 amide bonds. The van der Waals surface area contributed by atoms with Gasteiger partial charge in [-0.25, -0.2) is 8.42 Å². The molecular weight excluding hydrogens is 246 g/mol. The van der Waals surface area contributed by atoms with Crippen molar-refractivity contribution in [2.24, 2.45) is 0 Å². The molecule has 1 rings (SSSR count). The predicted octanol–water partition coefficient (Wildman–Crippen LogP) is 0.0262. The zero-order chi connectivity index (χ0) is 13.1. The van der Waals surface area contributed by atoms with Crippen molar-refractivity contribution in [2.45, 2.75) is 43.9 Å². The van der Waals surface area contributed by atoms with Crippen LogP contribution in [-0.2, 0) is 14.8 Å². The van der Waals surface area contributed by atoms with Gasteiger partial charge >= 0.3 is 5.97 Å². The third kappa shape index (κ3) is 3.17. The highest BCUT2D eigenvalue weighted by Gasteiger charge is 2.39. The topological polar surface area (TPSA) is 94.9 Å². The molecule has 17 heavy (non-hydrogen) atoms. The number of carboxylic acid groups (broad SMARTS) is 1. The summed E-state index contributed by atoms with van der Waals surface area (Å²) in [7, 11) is -3.77. The van der Waals surface area contributed by atoms with Crippen LogP contribution in [0.25, 0.3) is 0 Å². The monoisotopic (exact) mass is 265 g/mol. The first-order valence-electron chi connectivity index (χ1n) is 5.75. The van der Waals surface area contributed by atoms with Crippen molar-refractivity contribution in [1.29, 1.82) is 0 Å². The third-order valence-corrected chi connectivity index (χ3v) is 5.37. The minimum absolute atomic E-state index is 0.0267. The van der Waals surface area contributed by atoms with E-state index in [2.05, 4.69) is 0 Å². The number of sulfonamides is 1. The second kappa shape index (κ2) is 5.79. The lowest BCUT2D eigenvalue weighted by atomic mass is 10.1. The smallest absolute Gasteiger partial charge is 0.323 e. The minimum atomic E-state index is -3.77. The quantitative estimate of drug-likeness (QED) is 0.706. The molecule has 0 radical (unpaired) electrons. The number of rotatable bonds is 6. The molecule has 1 heterocycles. The van der Waals surface area contributed by atoms with Gasteiger partial charge in [-0.15, -0.1) is 0 Å². The van der Waals surface area contributed by atoms with E-state index in [0.717, 1.165) is 12.8 Å². The van der Waals surface area contributed by atoms with E-state index in [-0.39, 0.29) is 12.6 Å². The maximum absolute atomic E-state index is 12.0. The van der Waals surface area contributed by atoms with E-state index >= 15 is 0 Å². The summed E-state index contributed by atoms with van der Waals surface area (Å²) in [5.41, 5.74) is 0. The van der Waals surface area contributed by atoms with Gasteiger partial charge in [0.15, 0.2) is 5.25 Å². The number of aliphatic hydroxyl groups excluding tert-OH is 1. The van der Waals surface area contributed by atoms with Crippen molar-refractivity contribution in [3.8, 4) is 0 Å². The number of hydrogen-bond acceptors (Lipinski definition) is 4. The van der Waals surface area contributed by atoms with E-state index in [4.69, 9.17) is 10.2 Å². The van der Waals surface area contributed by atoms with Crippen molar-refractivity contribution in [1.82, 2.24) is 4.31 Å². The van der Waals surface area contributed by atoms with Crippen molar-refractivity contribution in [3.63, 3.8) is 0 Å². The minimum Gasteiger partial charge on any atom is -0.480 e. The molecule has 2 unspecified atom stereocenters. The number of carbonyl (C=O) groups is 1. The molecule has 1 saturated heterocycles. The summed E-state index contributed by atoms with van der Waals surface area (Å²) in [4.78, 5) is 10.8. The van der Waals surface area contributed by atoms with Crippen LogP contribution in [0.15, 0.2) is 0 Å². The van der Waals surface area contributed by atoms with Gasteiger partial charge in [-0.05, 0) is 32.6 Å². The zero-order valence-corrected chi connectivity index (χ0v) is 10.7. The first kappa shape index (κ1) is 14.4. The average molecular weight is 265 g/mol. The first-order chi connectivity index (χ1) is 7.91. The molecule has 7 heteroatoms. The fourth-order valence-electron chi connectivity index (χ4n) is 2.09. The Kier molecular flexibility index (Phi) is 4.91. The highest BCUT2D eigenvalue weighted by molar-refractivity contribution is 7.90. The molecule has 0 spiro atoms. The van der Waals surface area contributed by atoms with Gasteiger partial charge in [0.1, 0.15) is 0 Å². The molecule has 2 atom stereocenters. The normalized spacial score (nSPS) is 23.8. The largest absolute Gasteiger partial charge is 0.480 e. The lowest BCUT2D eigenvalue weighted by Gasteiger charge is -2.25. The van der Waals surface area contributed by atoms with Crippen LogP contribution in [-0.4, -0.2) is 53.3 Å². The maximum Gasteiger partial charge on any atom is 0.323 e. The molecule has 0 aliphatic carbocycles. The summed E-state index contributed by atoms with van der Waals surface area (Å²) >= 11 is 0. The molecule has 1 aliphatic rings. The Hall–Kier alpha value is -0.660. The van der Waals surface area contributed by atoms with Gasteiger partial charge in [0.2, 0.25) is 10.0 Å². The lowest BCUT2D eigenvalue weighted by molar-refractivity contribution is -0.136. The highest BCUT2D eigenvalue weighted by Crippen LogP contribution is 2.26. The molecule has 0 aromatic carbocycles. The number of aliphatic hydroxyl groups is 1. The van der Waals surface area contributed by atoms with E-state index in [1.54, 1.807) is 0 Å². The molecule has 0 aromatic heterocycles. The van der Waals surface area contributed by atoms with E-state index < -0.39 is 21.2 Å². The van der Waals surface area contributed by atoms with Crippen LogP contribution in [0.5, 0.6) is 0 Å². The zero-order valence-electron chi connectivity index (χ0n) is 9.87. The van der Waals surface area contributed by atoms with Crippen molar-refractivity contribution < 1.29 is 23.4 Å². The van der Waals surface area contributed by atoms with Gasteiger partial charge in [-0.1, -0.05) is 0 Å². The molecule has 1 fully saturated rings. The standard InChI is InChI=1S/C10H19NO5S/c1-8(10(13)14)17(15,16)11-6-2-4-9(11)5-3-7-12/h8-9,12H,2-7H2,1H3,(H,13,14). The summed E-state index contributed by atoms with van der Waals surface area (Å²) in [6.07, 6.45) is 2.62. The Morgan fingerprint density at radius 2 is 2.18 bits per heavy atom. The lowest BCUT2D eigenvalue weighted by Crippen LogP contribution is -2.43. The first-order valence-corrected chi connectivity index (χ1v) is 7.26. The molecule has 0 saturated carbocycles. The van der Waals surface area contributed by atoms with Crippen molar-refractivity contribution >= 4 is 16.0 Å². The SMILES string of the molecule is CC(C(=O)O)S(=O)(=O)N1CCCC1CCCO. The van der Waals surface area contributed by atoms with Gasteiger partial charge in [-0.3, -0.25) is 4.79 Å². The number of hydrogen-bond donors (Lipinski definition) is 2. The summed E-state index contributed by atoms with van der Waals surface area (Å²) in [5, 5.41) is 16.1. The highest BCUT2D eigenvalue weighted by atomic mass is 32.2. The van der Waals surface area contributed by atoms with Crippen LogP contribution >= 0.6 is 0 Å². The molecule has 1 aliphatic heterocycles. The van der Waals surface area contributed by atoms with Crippen LogP contribution in [0.4, 0.5) is 0 Å². The molecular formula is C10H19NO5S. The molecule has 2 N–H and O–H groups in total. The summed E-state index contributed by atoms with van der Waals surface area (Å²) < 4.78 is 25.4. The summed E-state index contributed by atoms with van der Waals surface area (Å²) in [6.45, 7) is 1.61. The van der Waals surface area contributed by atoms with Gasteiger partial charge in [0.25, 0.3) is 0 Å². The van der Waals surface area contributed by atoms with Crippen LogP contribution in [0.2, 0.25) is 0 Å². The fraction of sp³-hybridized carbons (Fsp3) is 0.900. The second-order valence-electron chi connectivity index (χ2n) is 4.30. The Balaban J connectivity index is 2.79. The number of nitrogens with zero attached hydrogens (tertiary/aromatic N) is 1. The van der Waals surface area contributed by atoms with Crippen molar-refractivity contribution in [2.75, 3.05) is 13.2 Å². The Morgan fingerprint density at radius 1 is 1.53 bits per heavy atom. The van der Waals surface area contributed by atoms with E-state index in [1.165, 1.54) is 11.2 Å². The predicted molar refractivity (Wildman–Crippen MR) is 62.1 cm³/mol. The van der Waals surface area contributed by atoms with E-state index in [9.17, 15) is 13.2 Å². The molecule has 100 valence electrons. The second-order valence-corrected chi connectivity index (χ2v) is 6.50. The van der Waals surface area contributed by atoms with Crippen molar-refractivity contribution in [3.05, 3.63) is 0 Å². The van der Waals surface area contributed by atoms with Gasteiger partial charge in [-0.2, -0.15) is 4.31 Å². The van der Waals surface area contributed by atoms with E-state index in [0.29, 0.717) is 19.4 Å². The third-order valence-electron chi connectivity index (χ3n) is 3.14. The Bertz CT molecular complexity index is 367. The molecule has 6 nitrogen and oxygen atoms in total. The average Bonchev–Trinajstić information content (AvgIpc) is 2.73. The molecule has 0 aromatic rings. The van der Waals surface area contributed by atoms with Gasteiger partial charge in [0.05, 0.1) is 0 Å². The van der Waals surface area contributed by atoms with E-state index in [1.807, 2.05) is 0 Å².